The van der Waals surface area contributed by atoms with Gasteiger partial charge in [-0.1, -0.05) is 25.3 Å². The van der Waals surface area contributed by atoms with E-state index in [1.807, 2.05) is 6.07 Å². The van der Waals surface area contributed by atoms with Gasteiger partial charge in [0.2, 0.25) is 0 Å². The highest BCUT2D eigenvalue weighted by Crippen LogP contribution is 2.31. The minimum absolute atomic E-state index is 0.370. The zero-order valence-corrected chi connectivity index (χ0v) is 10.2. The fourth-order valence-corrected chi connectivity index (χ4v) is 3.13. The number of phenolic OH excluding ortho intramolecular Hbond substituents is 1. The predicted octanol–water partition coefficient (Wildman–Crippen LogP) is 3.32. The molecular formula is C15H19NO. The van der Waals surface area contributed by atoms with Crippen LogP contribution in [0.5, 0.6) is 5.75 Å². The van der Waals surface area contributed by atoms with Crippen molar-refractivity contribution in [2.45, 2.75) is 38.5 Å². The molecule has 2 nitrogen and oxygen atoms in total. The summed E-state index contributed by atoms with van der Waals surface area (Å²) in [6.07, 6.45) is 7.60. The van der Waals surface area contributed by atoms with Gasteiger partial charge in [-0.3, -0.25) is 4.99 Å². The third-order valence-electron chi connectivity index (χ3n) is 4.02. The van der Waals surface area contributed by atoms with Crippen LogP contribution in [0.2, 0.25) is 0 Å². The van der Waals surface area contributed by atoms with Gasteiger partial charge >= 0.3 is 0 Å². The van der Waals surface area contributed by atoms with E-state index >= 15 is 0 Å². The molecule has 0 aromatic heterocycles. The van der Waals surface area contributed by atoms with Crippen molar-refractivity contribution in [2.75, 3.05) is 6.54 Å². The number of benzene rings is 1. The van der Waals surface area contributed by atoms with Gasteiger partial charge in [-0.05, 0) is 37.0 Å². The maximum absolute atomic E-state index is 9.65. The maximum atomic E-state index is 9.65. The van der Waals surface area contributed by atoms with Crippen molar-refractivity contribution in [2.24, 2.45) is 10.9 Å². The van der Waals surface area contributed by atoms with Gasteiger partial charge < -0.3 is 5.11 Å². The lowest BCUT2D eigenvalue weighted by atomic mass is 9.81. The number of nitrogens with zero attached hydrogens (tertiary/aromatic N) is 1. The summed E-state index contributed by atoms with van der Waals surface area (Å²) in [4.78, 5) is 4.74. The molecule has 1 aliphatic carbocycles. The zero-order valence-electron chi connectivity index (χ0n) is 10.2. The second-order valence-corrected chi connectivity index (χ2v) is 5.19. The second kappa shape index (κ2) is 4.52. The van der Waals surface area contributed by atoms with Crippen molar-refractivity contribution < 1.29 is 5.11 Å². The number of fused-ring (bicyclic) bond motifs is 1. The number of hydrogen-bond acceptors (Lipinski definition) is 2. The van der Waals surface area contributed by atoms with E-state index in [0.29, 0.717) is 11.7 Å². The summed E-state index contributed by atoms with van der Waals surface area (Å²) in [6, 6.07) is 5.76. The molecule has 0 unspecified atom stereocenters. The van der Waals surface area contributed by atoms with Crippen LogP contribution in [-0.4, -0.2) is 17.4 Å². The Hall–Kier alpha value is -1.31. The Morgan fingerprint density at radius 3 is 2.76 bits per heavy atom. The van der Waals surface area contributed by atoms with Crippen LogP contribution in [0.1, 0.15) is 43.2 Å². The Labute approximate surface area is 102 Å². The van der Waals surface area contributed by atoms with Crippen molar-refractivity contribution in [3.05, 3.63) is 29.3 Å². The highest BCUT2D eigenvalue weighted by atomic mass is 16.3. The van der Waals surface area contributed by atoms with E-state index in [1.54, 1.807) is 6.07 Å². The van der Waals surface area contributed by atoms with E-state index < -0.39 is 0 Å². The molecule has 2 aliphatic rings. The number of rotatable bonds is 1. The Morgan fingerprint density at radius 1 is 1.12 bits per heavy atom. The molecule has 1 heterocycles. The van der Waals surface area contributed by atoms with E-state index in [4.69, 9.17) is 4.99 Å². The molecule has 0 amide bonds. The van der Waals surface area contributed by atoms with Gasteiger partial charge in [0.1, 0.15) is 5.75 Å². The first-order chi connectivity index (χ1) is 8.34. The van der Waals surface area contributed by atoms with Crippen LogP contribution in [-0.2, 0) is 6.42 Å². The van der Waals surface area contributed by atoms with Gasteiger partial charge in [-0.15, -0.1) is 0 Å². The van der Waals surface area contributed by atoms with E-state index in [1.165, 1.54) is 48.9 Å². The van der Waals surface area contributed by atoms with Gasteiger partial charge in [-0.25, -0.2) is 0 Å². The monoisotopic (exact) mass is 229 g/mol. The lowest BCUT2D eigenvalue weighted by Crippen LogP contribution is -2.23. The number of hydrogen-bond donors (Lipinski definition) is 1. The summed E-state index contributed by atoms with van der Waals surface area (Å²) in [5.74, 6) is 0.999. The Morgan fingerprint density at radius 2 is 1.94 bits per heavy atom. The smallest absolute Gasteiger partial charge is 0.116 e. The average molecular weight is 229 g/mol. The molecule has 0 saturated heterocycles. The van der Waals surface area contributed by atoms with Crippen LogP contribution in [0.15, 0.2) is 23.2 Å². The molecule has 1 aromatic carbocycles. The fraction of sp³-hybridized carbons (Fsp3) is 0.533. The fourth-order valence-electron chi connectivity index (χ4n) is 3.13. The van der Waals surface area contributed by atoms with Crippen molar-refractivity contribution in [3.8, 4) is 5.75 Å². The molecule has 0 radical (unpaired) electrons. The molecule has 0 spiro atoms. The predicted molar refractivity (Wildman–Crippen MR) is 69.8 cm³/mol. The van der Waals surface area contributed by atoms with Crippen molar-refractivity contribution in [1.29, 1.82) is 0 Å². The van der Waals surface area contributed by atoms with Crippen LogP contribution in [0.25, 0.3) is 0 Å². The summed E-state index contributed by atoms with van der Waals surface area (Å²) in [6.45, 7) is 0.920. The third kappa shape index (κ3) is 2.08. The largest absolute Gasteiger partial charge is 0.508 e. The maximum Gasteiger partial charge on any atom is 0.116 e. The highest BCUT2D eigenvalue weighted by molar-refractivity contribution is 6.04. The number of phenols is 1. The molecule has 1 fully saturated rings. The SMILES string of the molecule is Oc1ccc2c(c1)C(C1CCCCC1)=NCC2. The average Bonchev–Trinajstić information content (AvgIpc) is 2.39. The van der Waals surface area contributed by atoms with Crippen molar-refractivity contribution in [1.82, 2.24) is 0 Å². The standard InChI is InChI=1S/C15H19NO/c17-13-7-6-11-8-9-16-15(14(11)10-13)12-4-2-1-3-5-12/h6-7,10,12,17H,1-5,8-9H2. The molecule has 90 valence electrons. The van der Waals surface area contributed by atoms with Gasteiger partial charge in [0.05, 0.1) is 0 Å². The third-order valence-corrected chi connectivity index (χ3v) is 4.02. The molecule has 1 N–H and O–H groups in total. The molecule has 3 rings (SSSR count). The molecule has 17 heavy (non-hydrogen) atoms. The summed E-state index contributed by atoms with van der Waals surface area (Å²) >= 11 is 0. The summed E-state index contributed by atoms with van der Waals surface area (Å²) < 4.78 is 0. The molecule has 1 aliphatic heterocycles. The van der Waals surface area contributed by atoms with E-state index in [9.17, 15) is 5.11 Å². The summed E-state index contributed by atoms with van der Waals surface area (Å²) in [5.41, 5.74) is 3.84. The number of aliphatic imine (C=N–C) groups is 1. The van der Waals surface area contributed by atoms with Gasteiger partial charge in [0.15, 0.2) is 0 Å². The highest BCUT2D eigenvalue weighted by Gasteiger charge is 2.24. The van der Waals surface area contributed by atoms with Crippen LogP contribution in [0.4, 0.5) is 0 Å². The second-order valence-electron chi connectivity index (χ2n) is 5.19. The van der Waals surface area contributed by atoms with Gasteiger partial charge in [-0.2, -0.15) is 0 Å². The first-order valence-corrected chi connectivity index (χ1v) is 6.71. The molecule has 0 bridgehead atoms. The molecule has 0 atom stereocenters. The van der Waals surface area contributed by atoms with Gasteiger partial charge in [0.25, 0.3) is 0 Å². The van der Waals surface area contributed by atoms with E-state index in [0.717, 1.165) is 13.0 Å². The Kier molecular flexibility index (Phi) is 2.87. The first kappa shape index (κ1) is 10.8. The minimum Gasteiger partial charge on any atom is -0.508 e. The van der Waals surface area contributed by atoms with Crippen LogP contribution in [0.3, 0.4) is 0 Å². The van der Waals surface area contributed by atoms with Crippen LogP contribution < -0.4 is 0 Å². The minimum atomic E-state index is 0.370. The number of aromatic hydroxyl groups is 1. The molecule has 1 saturated carbocycles. The Balaban J connectivity index is 1.95. The van der Waals surface area contributed by atoms with Crippen LogP contribution in [0, 0.1) is 5.92 Å². The van der Waals surface area contributed by atoms with E-state index in [2.05, 4.69) is 6.07 Å². The van der Waals surface area contributed by atoms with Crippen LogP contribution >= 0.6 is 0 Å². The molecule has 1 aromatic rings. The topological polar surface area (TPSA) is 32.6 Å². The van der Waals surface area contributed by atoms with E-state index in [-0.39, 0.29) is 0 Å². The quantitative estimate of drug-likeness (QED) is 0.787. The Bertz CT molecular complexity index is 444. The lowest BCUT2D eigenvalue weighted by molar-refractivity contribution is 0.438. The zero-order chi connectivity index (χ0) is 11.7. The van der Waals surface area contributed by atoms with Crippen molar-refractivity contribution in [3.63, 3.8) is 0 Å². The molecular weight excluding hydrogens is 210 g/mol. The van der Waals surface area contributed by atoms with Gasteiger partial charge in [0, 0.05) is 23.7 Å². The normalized spacial score (nSPS) is 20.8. The van der Waals surface area contributed by atoms with Crippen molar-refractivity contribution >= 4 is 5.71 Å². The summed E-state index contributed by atoms with van der Waals surface area (Å²) in [5, 5.41) is 9.65. The first-order valence-electron chi connectivity index (χ1n) is 6.71. The lowest BCUT2D eigenvalue weighted by Gasteiger charge is -2.27. The summed E-state index contributed by atoms with van der Waals surface area (Å²) in [7, 11) is 0. The molecule has 2 heteroatoms.